The molecule has 0 fully saturated rings. The van der Waals surface area contributed by atoms with Gasteiger partial charge in [-0.3, -0.25) is 0 Å². The van der Waals surface area contributed by atoms with E-state index in [-0.39, 0.29) is 132 Å². The molecule has 0 nitrogen and oxygen atoms in total. The van der Waals surface area contributed by atoms with E-state index >= 15 is 0 Å². The molecule has 0 radical (unpaired) electrons. The lowest BCUT2D eigenvalue weighted by Gasteiger charge is -0.0159. The zero-order chi connectivity index (χ0) is 0. The summed E-state index contributed by atoms with van der Waals surface area (Å²) in [6.45, 7) is 0. The third-order valence-electron chi connectivity index (χ3n) is 0. The van der Waals surface area contributed by atoms with Gasteiger partial charge in [0.15, 0.2) is 0 Å². The average molecular weight is 385 g/mol. The highest BCUT2D eigenvalue weighted by atomic mass is 28.1. The maximum absolute atomic E-state index is 0. The van der Waals surface area contributed by atoms with Crippen molar-refractivity contribution in [3.63, 3.8) is 0 Å². The highest BCUT2D eigenvalue weighted by molar-refractivity contribution is 5.77. The van der Waals surface area contributed by atoms with Crippen molar-refractivity contribution in [2.75, 3.05) is 0 Å². The van der Waals surface area contributed by atoms with Gasteiger partial charge in [-0.2, -0.15) is 0 Å². The zero-order valence-corrected chi connectivity index (χ0v) is 0. The fraction of sp³-hybridized carbons (Fsp3) is 0. The van der Waals surface area contributed by atoms with Crippen molar-refractivity contribution >= 4 is 132 Å². The van der Waals surface area contributed by atoms with Crippen LogP contribution >= 0.6 is 0 Å². The van der Waals surface area contributed by atoms with E-state index in [2.05, 4.69) is 0 Å². The standard InChI is InChI=1S/12H4Si/h12*1H4. The molecule has 12 heavy (non-hydrogen) atoms. The maximum Gasteiger partial charge on any atom is -0.0149 e. The second-order valence-electron chi connectivity index (χ2n) is 0. The average Bonchev–Trinajstić information content (AvgIpc) is 0. The Hall–Kier alpha value is 2.60. The zero-order valence-electron chi connectivity index (χ0n) is 0. The third-order valence-corrected chi connectivity index (χ3v) is 0. The topological polar surface area (TPSA) is 0 Å². The smallest absolute Gasteiger partial charge is 0.0149 e. The Morgan fingerprint density at radius 3 is 0.0833 bits per heavy atom. The number of hydrogen-bond donors (Lipinski definition) is 0. The lowest BCUT2D eigenvalue weighted by molar-refractivity contribution is 5.75. The summed E-state index contributed by atoms with van der Waals surface area (Å²) in [6, 6.07) is 0. The second kappa shape index (κ2) is 319. The highest BCUT2D eigenvalue weighted by Gasteiger charge is -0.00385. The molecule has 0 aromatic heterocycles. The van der Waals surface area contributed by atoms with Gasteiger partial charge in [-0.1, -0.05) is 0 Å². The van der Waals surface area contributed by atoms with E-state index in [4.69, 9.17) is 0 Å². The van der Waals surface area contributed by atoms with E-state index in [1.807, 2.05) is 0 Å². The van der Waals surface area contributed by atoms with Crippen LogP contribution in [0.4, 0.5) is 0 Å². The Morgan fingerprint density at radius 2 is 0.0833 bits per heavy atom. The number of hydrogen-bond acceptors (Lipinski definition) is 0. The van der Waals surface area contributed by atoms with Gasteiger partial charge < -0.3 is 0 Å². The van der Waals surface area contributed by atoms with Crippen LogP contribution in [0.1, 0.15) is 0 Å². The molecule has 96 valence electrons. The molecule has 0 N–H and O–H groups in total. The van der Waals surface area contributed by atoms with Crippen molar-refractivity contribution in [1.29, 1.82) is 0 Å². The van der Waals surface area contributed by atoms with E-state index in [9.17, 15) is 0 Å². The molecule has 0 amide bonds. The van der Waals surface area contributed by atoms with Crippen LogP contribution in [0.3, 0.4) is 0 Å². The minimum Gasteiger partial charge on any atom is -0.0149 e. The van der Waals surface area contributed by atoms with Crippen LogP contribution in [-0.2, 0) is 0 Å². The summed E-state index contributed by atoms with van der Waals surface area (Å²) in [7, 11) is 0. The normalized spacial score (nSPS) is 0. The Labute approximate surface area is 131 Å². The molecule has 0 unspecified atom stereocenters. The summed E-state index contributed by atoms with van der Waals surface area (Å²) in [6.07, 6.45) is 0. The molecule has 0 aliphatic heterocycles. The molecule has 0 aromatic rings. The summed E-state index contributed by atoms with van der Waals surface area (Å²) in [5.41, 5.74) is 0. The predicted molar refractivity (Wildman–Crippen MR) is 136 cm³/mol. The van der Waals surface area contributed by atoms with E-state index in [0.717, 1.165) is 0 Å². The monoisotopic (exact) mass is 384 g/mol. The first kappa shape index (κ1) is 399. The van der Waals surface area contributed by atoms with E-state index in [1.54, 1.807) is 0 Å². The largest absolute Gasteiger partial charge is 0.0149 e. The van der Waals surface area contributed by atoms with Gasteiger partial charge in [-0.05, 0) is 132 Å². The van der Waals surface area contributed by atoms with Crippen molar-refractivity contribution in [3.05, 3.63) is 0 Å². The second-order valence-corrected chi connectivity index (χ2v) is 0. The van der Waals surface area contributed by atoms with Gasteiger partial charge in [-0.15, -0.1) is 0 Å². The van der Waals surface area contributed by atoms with Crippen LogP contribution in [0.2, 0.25) is 0 Å². The van der Waals surface area contributed by atoms with Gasteiger partial charge in [0.25, 0.3) is 0 Å². The first-order valence-corrected chi connectivity index (χ1v) is 0. The SMILES string of the molecule is [SiH4].[SiH4].[SiH4].[SiH4].[SiH4].[SiH4].[SiH4].[SiH4].[SiH4].[SiH4].[SiH4].[SiH4]. The molecule has 0 aliphatic carbocycles. The molecule has 0 spiro atoms. The predicted octanol–water partition coefficient (Wildman–Crippen LogP) is -17.4. The molecule has 0 heterocycles. The lowest BCUT2D eigenvalue weighted by atomic mass is 28.1. The molecule has 0 bridgehead atoms. The summed E-state index contributed by atoms with van der Waals surface area (Å²) >= 11 is 0. The maximum atomic E-state index is 0. The van der Waals surface area contributed by atoms with Crippen LogP contribution in [0.15, 0.2) is 0 Å². The fourth-order valence-corrected chi connectivity index (χ4v) is 0. The van der Waals surface area contributed by atoms with Crippen molar-refractivity contribution in [1.82, 2.24) is 0 Å². The van der Waals surface area contributed by atoms with Gasteiger partial charge in [0, 0.05) is 0 Å². The summed E-state index contributed by atoms with van der Waals surface area (Å²) < 4.78 is 0. The van der Waals surface area contributed by atoms with Crippen LogP contribution in [0.5, 0.6) is 0 Å². The molecular formula is H48Si12. The van der Waals surface area contributed by atoms with Crippen LogP contribution in [-0.4, -0.2) is 132 Å². The van der Waals surface area contributed by atoms with Crippen molar-refractivity contribution in [2.45, 2.75) is 0 Å². The highest BCUT2D eigenvalue weighted by Crippen LogP contribution is -0.370. The van der Waals surface area contributed by atoms with E-state index in [0.29, 0.717) is 0 Å². The van der Waals surface area contributed by atoms with Gasteiger partial charge >= 0.3 is 0 Å². The van der Waals surface area contributed by atoms with Gasteiger partial charge in [0.2, 0.25) is 0 Å². The summed E-state index contributed by atoms with van der Waals surface area (Å²) in [5.74, 6) is 0. The molecule has 0 aliphatic rings. The quantitative estimate of drug-likeness (QED) is 0.364. The van der Waals surface area contributed by atoms with Gasteiger partial charge in [0.05, 0.1) is 0 Å². The van der Waals surface area contributed by atoms with E-state index < -0.39 is 0 Å². The Balaban J connectivity index is 0. The molecule has 0 atom stereocenters. The van der Waals surface area contributed by atoms with Crippen LogP contribution < -0.4 is 0 Å². The Bertz CT molecular complexity index is 0. The molecule has 0 saturated heterocycles. The number of rotatable bonds is 0. The van der Waals surface area contributed by atoms with Crippen LogP contribution in [0.25, 0.3) is 0 Å². The van der Waals surface area contributed by atoms with Gasteiger partial charge in [0.1, 0.15) is 0 Å². The van der Waals surface area contributed by atoms with Crippen molar-refractivity contribution in [3.8, 4) is 0 Å². The summed E-state index contributed by atoms with van der Waals surface area (Å²) in [4.78, 5) is 0. The van der Waals surface area contributed by atoms with E-state index in [1.165, 1.54) is 0 Å². The molecular weight excluding hydrogens is 337 g/mol. The minimum absolute atomic E-state index is 0. The fourth-order valence-electron chi connectivity index (χ4n) is 0. The third kappa shape index (κ3) is 250. The van der Waals surface area contributed by atoms with Crippen LogP contribution in [0, 0.1) is 0 Å². The van der Waals surface area contributed by atoms with Crippen molar-refractivity contribution in [2.24, 2.45) is 0 Å². The Kier molecular flexibility index (Phi) is 10600. The molecule has 0 saturated carbocycles. The molecule has 0 rings (SSSR count). The van der Waals surface area contributed by atoms with Crippen molar-refractivity contribution < 1.29 is 0 Å². The first-order valence-electron chi connectivity index (χ1n) is 0. The lowest BCUT2D eigenvalue weighted by Crippen LogP contribution is -0.382. The first-order chi connectivity index (χ1) is 0. The van der Waals surface area contributed by atoms with Gasteiger partial charge in [-0.25, -0.2) is 0 Å². The molecule has 12 heteroatoms. The minimum atomic E-state index is 0. The molecule has 0 aromatic carbocycles. The Morgan fingerprint density at radius 1 is 0.0833 bits per heavy atom. The summed E-state index contributed by atoms with van der Waals surface area (Å²) in [5, 5.41) is 0.